The molecule has 2 rings (SSSR count). The molecule has 0 saturated carbocycles. The van der Waals surface area contributed by atoms with E-state index in [0.29, 0.717) is 12.1 Å². The number of morpholine rings is 1. The third-order valence-electron chi connectivity index (χ3n) is 3.73. The Bertz CT molecular complexity index is 541. The summed E-state index contributed by atoms with van der Waals surface area (Å²) < 4.78 is 18.1. The minimum absolute atomic E-state index is 0.0266. The van der Waals surface area contributed by atoms with Crippen molar-refractivity contribution >= 4 is 11.9 Å². The van der Waals surface area contributed by atoms with Crippen LogP contribution in [0.2, 0.25) is 0 Å². The lowest BCUT2D eigenvalue weighted by atomic mass is 9.83. The van der Waals surface area contributed by atoms with Crippen LogP contribution in [0.15, 0.2) is 24.3 Å². The molecule has 6 heteroatoms. The van der Waals surface area contributed by atoms with Crippen LogP contribution in [0.3, 0.4) is 0 Å². The summed E-state index contributed by atoms with van der Waals surface area (Å²) >= 11 is 0. The number of rotatable bonds is 3. The Morgan fingerprint density at radius 2 is 1.95 bits per heavy atom. The molecule has 5 nitrogen and oxygen atoms in total. The maximum Gasteiger partial charge on any atom is 0.334 e. The summed E-state index contributed by atoms with van der Waals surface area (Å²) in [4.78, 5) is 25.1. The van der Waals surface area contributed by atoms with Crippen LogP contribution < -0.4 is 0 Å². The van der Waals surface area contributed by atoms with E-state index in [1.807, 2.05) is 0 Å². The second kappa shape index (κ2) is 5.81. The van der Waals surface area contributed by atoms with Crippen molar-refractivity contribution in [2.45, 2.75) is 25.4 Å². The van der Waals surface area contributed by atoms with Gasteiger partial charge in [0.15, 0.2) is 6.10 Å². The van der Waals surface area contributed by atoms with Crippen LogP contribution in [0, 0.1) is 5.82 Å². The first-order valence-corrected chi connectivity index (χ1v) is 6.72. The SMILES string of the molecule is CC(C)(C(=O)N1CCO[C@H](C(=O)O)C1)c1ccc(F)cc1. The summed E-state index contributed by atoms with van der Waals surface area (Å²) in [6.45, 7) is 4.07. The molecule has 0 spiro atoms. The fourth-order valence-corrected chi connectivity index (χ4v) is 2.37. The average molecular weight is 295 g/mol. The number of amides is 1. The number of hydrogen-bond donors (Lipinski definition) is 1. The van der Waals surface area contributed by atoms with Gasteiger partial charge in [0.2, 0.25) is 5.91 Å². The second-order valence-electron chi connectivity index (χ2n) is 5.58. The minimum atomic E-state index is -1.08. The maximum absolute atomic E-state index is 13.0. The van der Waals surface area contributed by atoms with Crippen molar-refractivity contribution in [2.24, 2.45) is 0 Å². The van der Waals surface area contributed by atoms with Gasteiger partial charge < -0.3 is 14.7 Å². The standard InChI is InChI=1S/C15H18FNO4/c1-15(2,10-3-5-11(16)6-4-10)14(20)17-7-8-21-12(9-17)13(18)19/h3-6,12H,7-9H2,1-2H3,(H,18,19)/t12-/m0/s1. The molecular formula is C15H18FNO4. The highest BCUT2D eigenvalue weighted by atomic mass is 19.1. The highest BCUT2D eigenvalue weighted by Gasteiger charge is 2.37. The van der Waals surface area contributed by atoms with Crippen molar-refractivity contribution in [2.75, 3.05) is 19.7 Å². The van der Waals surface area contributed by atoms with Gasteiger partial charge in [0.25, 0.3) is 0 Å². The van der Waals surface area contributed by atoms with Crippen LogP contribution in [0.5, 0.6) is 0 Å². The van der Waals surface area contributed by atoms with Gasteiger partial charge in [-0.15, -0.1) is 0 Å². The predicted molar refractivity (Wildman–Crippen MR) is 73.4 cm³/mol. The van der Waals surface area contributed by atoms with Gasteiger partial charge in [0.05, 0.1) is 18.6 Å². The highest BCUT2D eigenvalue weighted by molar-refractivity contribution is 5.88. The van der Waals surface area contributed by atoms with Crippen LogP contribution in [0.25, 0.3) is 0 Å². The van der Waals surface area contributed by atoms with Gasteiger partial charge in [0.1, 0.15) is 5.82 Å². The number of hydrogen-bond acceptors (Lipinski definition) is 3. The molecule has 0 unspecified atom stereocenters. The van der Waals surface area contributed by atoms with Crippen molar-refractivity contribution in [3.8, 4) is 0 Å². The van der Waals surface area contributed by atoms with Gasteiger partial charge in [-0.2, -0.15) is 0 Å². The lowest BCUT2D eigenvalue weighted by molar-refractivity contribution is -0.160. The number of carbonyl (C=O) groups excluding carboxylic acids is 1. The third kappa shape index (κ3) is 3.21. The molecular weight excluding hydrogens is 277 g/mol. The largest absolute Gasteiger partial charge is 0.479 e. The van der Waals surface area contributed by atoms with E-state index in [-0.39, 0.29) is 24.9 Å². The van der Waals surface area contributed by atoms with E-state index in [1.165, 1.54) is 17.0 Å². The summed E-state index contributed by atoms with van der Waals surface area (Å²) in [7, 11) is 0. The lowest BCUT2D eigenvalue weighted by Gasteiger charge is -2.36. The molecule has 0 aliphatic carbocycles. The van der Waals surface area contributed by atoms with E-state index in [1.54, 1.807) is 26.0 Å². The quantitative estimate of drug-likeness (QED) is 0.915. The Hall–Kier alpha value is -1.95. The molecule has 0 aromatic heterocycles. The number of carboxylic acids is 1. The first-order chi connectivity index (χ1) is 9.82. The summed E-state index contributed by atoms with van der Waals surface area (Å²) in [5.74, 6) is -1.63. The topological polar surface area (TPSA) is 66.8 Å². The molecule has 1 aliphatic heterocycles. The van der Waals surface area contributed by atoms with Gasteiger partial charge >= 0.3 is 5.97 Å². The van der Waals surface area contributed by atoms with Gasteiger partial charge in [-0.05, 0) is 31.5 Å². The Balaban J connectivity index is 2.17. The van der Waals surface area contributed by atoms with Gasteiger partial charge in [0, 0.05) is 6.54 Å². The van der Waals surface area contributed by atoms with E-state index < -0.39 is 17.5 Å². The minimum Gasteiger partial charge on any atom is -0.479 e. The number of aliphatic carboxylic acids is 1. The van der Waals surface area contributed by atoms with Gasteiger partial charge in [-0.25, -0.2) is 9.18 Å². The monoisotopic (exact) mass is 295 g/mol. The molecule has 21 heavy (non-hydrogen) atoms. The summed E-state index contributed by atoms with van der Waals surface area (Å²) in [6, 6.07) is 5.76. The maximum atomic E-state index is 13.0. The number of halogens is 1. The third-order valence-corrected chi connectivity index (χ3v) is 3.73. The van der Waals surface area contributed by atoms with Crippen LogP contribution in [-0.4, -0.2) is 47.7 Å². The normalized spacial score (nSPS) is 19.4. The van der Waals surface area contributed by atoms with Crippen LogP contribution in [0.4, 0.5) is 4.39 Å². The fourth-order valence-electron chi connectivity index (χ4n) is 2.37. The Morgan fingerprint density at radius 1 is 1.33 bits per heavy atom. The molecule has 1 saturated heterocycles. The van der Waals surface area contributed by atoms with Crippen LogP contribution >= 0.6 is 0 Å². The first kappa shape index (κ1) is 15.4. The van der Waals surface area contributed by atoms with Crippen molar-refractivity contribution in [1.29, 1.82) is 0 Å². The summed E-state index contributed by atoms with van der Waals surface area (Å²) in [5, 5.41) is 8.98. The van der Waals surface area contributed by atoms with Crippen molar-refractivity contribution in [3.05, 3.63) is 35.6 Å². The number of benzene rings is 1. The highest BCUT2D eigenvalue weighted by Crippen LogP contribution is 2.27. The zero-order valence-corrected chi connectivity index (χ0v) is 12.0. The van der Waals surface area contributed by atoms with Crippen LogP contribution in [0.1, 0.15) is 19.4 Å². The number of ether oxygens (including phenoxy) is 1. The zero-order valence-electron chi connectivity index (χ0n) is 12.0. The molecule has 1 aromatic rings. The van der Waals surface area contributed by atoms with Crippen molar-refractivity contribution in [1.82, 2.24) is 4.90 Å². The molecule has 1 aliphatic rings. The van der Waals surface area contributed by atoms with E-state index in [2.05, 4.69) is 0 Å². The van der Waals surface area contributed by atoms with E-state index >= 15 is 0 Å². The summed E-state index contributed by atoms with van der Waals surface area (Å²) in [5.41, 5.74) is -0.166. The van der Waals surface area contributed by atoms with Gasteiger partial charge in [-0.3, -0.25) is 4.79 Å². The molecule has 1 heterocycles. The molecule has 0 radical (unpaired) electrons. The Kier molecular flexibility index (Phi) is 4.27. The van der Waals surface area contributed by atoms with E-state index in [0.717, 1.165) is 0 Å². The van der Waals surface area contributed by atoms with Crippen molar-refractivity contribution in [3.63, 3.8) is 0 Å². The number of nitrogens with zero attached hydrogens (tertiary/aromatic N) is 1. The van der Waals surface area contributed by atoms with Gasteiger partial charge in [-0.1, -0.05) is 12.1 Å². The molecule has 1 aromatic carbocycles. The molecule has 0 bridgehead atoms. The molecule has 114 valence electrons. The second-order valence-corrected chi connectivity index (χ2v) is 5.58. The number of carbonyl (C=O) groups is 2. The molecule has 1 amide bonds. The van der Waals surface area contributed by atoms with Crippen molar-refractivity contribution < 1.29 is 23.8 Å². The smallest absolute Gasteiger partial charge is 0.334 e. The summed E-state index contributed by atoms with van der Waals surface area (Å²) in [6.07, 6.45) is -0.994. The number of carboxylic acid groups (broad SMARTS) is 1. The first-order valence-electron chi connectivity index (χ1n) is 6.72. The lowest BCUT2D eigenvalue weighted by Crippen LogP contribution is -2.53. The van der Waals surface area contributed by atoms with E-state index in [4.69, 9.17) is 9.84 Å². The fraction of sp³-hybridized carbons (Fsp3) is 0.467. The van der Waals surface area contributed by atoms with E-state index in [9.17, 15) is 14.0 Å². The van der Waals surface area contributed by atoms with Crippen LogP contribution in [-0.2, 0) is 19.7 Å². The average Bonchev–Trinajstić information content (AvgIpc) is 2.47. The molecule has 1 atom stereocenters. The zero-order chi connectivity index (χ0) is 15.6. The Morgan fingerprint density at radius 3 is 2.52 bits per heavy atom. The predicted octanol–water partition coefficient (Wildman–Crippen LogP) is 1.42. The Labute approximate surface area is 122 Å². The molecule has 1 fully saturated rings. The molecule has 1 N–H and O–H groups in total.